The summed E-state index contributed by atoms with van der Waals surface area (Å²) < 4.78 is 31.7. The number of rotatable bonds is 22. The van der Waals surface area contributed by atoms with Crippen LogP contribution in [0.2, 0.25) is 26.6 Å². The predicted molar refractivity (Wildman–Crippen MR) is 313 cm³/mol. The number of carbonyl (C=O) groups excluding carboxylic acids is 2. The molecule has 2 aromatic heterocycles. The molecule has 0 spiro atoms. The average Bonchev–Trinajstić information content (AvgIpc) is 3.94. The number of hydrogen-bond acceptors (Lipinski definition) is 7. The van der Waals surface area contributed by atoms with Crippen LogP contribution in [0, 0.1) is 0 Å². The number of benzene rings is 2. The number of nitrogens with zero attached hydrogens (tertiary/aromatic N) is 4. The zero-order valence-electron chi connectivity index (χ0n) is 48.6. The molecule has 0 unspecified atom stereocenters. The molecule has 2 aromatic carbocycles. The van der Waals surface area contributed by atoms with E-state index in [0.29, 0.717) is 0 Å². The molecule has 0 radical (unpaired) electrons. The summed E-state index contributed by atoms with van der Waals surface area (Å²) in [5, 5.41) is 2.36. The molecule has 1 aliphatic heterocycles. The second-order valence-electron chi connectivity index (χ2n) is 22.4. The number of hydrogen-bond donors (Lipinski definition) is 0. The van der Waals surface area contributed by atoms with Gasteiger partial charge in [0.1, 0.15) is 0 Å². The van der Waals surface area contributed by atoms with Gasteiger partial charge in [0.2, 0.25) is 0 Å². The summed E-state index contributed by atoms with van der Waals surface area (Å²) in [5.41, 5.74) is 1.05. The zero-order valence-corrected chi connectivity index (χ0v) is 54.3. The maximum absolute atomic E-state index is 13.4. The van der Waals surface area contributed by atoms with Gasteiger partial charge in [-0.25, -0.2) is 0 Å². The fourth-order valence-electron chi connectivity index (χ4n) is 9.63. The molecule has 404 valence electrons. The molecule has 0 amide bonds. The first-order valence-corrected chi connectivity index (χ1v) is 43.4. The van der Waals surface area contributed by atoms with E-state index in [9.17, 15) is 9.59 Å². The molecule has 0 bridgehead atoms. The standard InChI is InChI=1S/2C13H14NO2.C6H13NO.C4H11N.6C4H9.2Sn/c2*1-13(2,3)16-12(15)14-9-8-10-6-4-5-7-11(10)14;1-2-7-3-5-8-6-4-7;1-4-5(2)3;6*1-3-4-2;;/h2*4-8H,1-3H3;2-6H2,1H3;4H2,1-3H3;6*1,3-4H2,2H3;;. The molecule has 3 heterocycles. The fourth-order valence-corrected chi connectivity index (χ4v) is 42.5. The first-order valence-electron chi connectivity index (χ1n) is 28.4. The second-order valence-corrected chi connectivity index (χ2v) is 48.5. The van der Waals surface area contributed by atoms with E-state index in [1.54, 1.807) is 0 Å². The van der Waals surface area contributed by atoms with Crippen LogP contribution in [-0.4, -0.2) is 133 Å². The summed E-state index contributed by atoms with van der Waals surface area (Å²) in [7, 11) is 4.11. The van der Waals surface area contributed by atoms with E-state index in [1.807, 2.05) is 62.8 Å². The van der Waals surface area contributed by atoms with Crippen molar-refractivity contribution in [2.75, 3.05) is 53.5 Å². The van der Waals surface area contributed by atoms with Gasteiger partial charge < -0.3 is 9.64 Å². The summed E-state index contributed by atoms with van der Waals surface area (Å²) in [5.74, 6) is 0. The number of morpholine rings is 1. The monoisotopic (exact) mass is 1200 g/mol. The Morgan fingerprint density at radius 2 is 0.831 bits per heavy atom. The third-order valence-electron chi connectivity index (χ3n) is 13.9. The maximum Gasteiger partial charge on any atom is 0.0594 e. The topological polar surface area (TPSA) is 78.2 Å². The van der Waals surface area contributed by atoms with Crippen molar-refractivity contribution in [3.63, 3.8) is 0 Å². The van der Waals surface area contributed by atoms with Crippen LogP contribution in [-0.2, 0) is 14.2 Å². The number of ether oxygens (including phenoxy) is 3. The zero-order chi connectivity index (χ0) is 53.1. The minimum atomic E-state index is -2.79. The molecule has 1 aliphatic rings. The summed E-state index contributed by atoms with van der Waals surface area (Å²) >= 11 is -5.59. The van der Waals surface area contributed by atoms with Crippen LogP contribution < -0.4 is 7.42 Å². The molecule has 9 nitrogen and oxygen atoms in total. The van der Waals surface area contributed by atoms with Gasteiger partial charge in [0.05, 0.1) is 13.2 Å². The molecule has 0 N–H and O–H groups in total. The number of para-hydroxylation sites is 2. The number of fused-ring (bicyclic) bond motifs is 2. The third-order valence-corrected chi connectivity index (χ3v) is 44.6. The van der Waals surface area contributed by atoms with E-state index in [0.717, 1.165) is 43.9 Å². The predicted octanol–water partition coefficient (Wildman–Crippen LogP) is 15.9. The van der Waals surface area contributed by atoms with Crippen molar-refractivity contribution < 1.29 is 23.8 Å². The summed E-state index contributed by atoms with van der Waals surface area (Å²) in [6, 6.07) is 21.4. The Kier molecular flexibility index (Phi) is 30.9. The molecule has 0 aliphatic carbocycles. The van der Waals surface area contributed by atoms with E-state index in [4.69, 9.17) is 14.2 Å². The van der Waals surface area contributed by atoms with Crippen LogP contribution >= 0.6 is 0 Å². The van der Waals surface area contributed by atoms with Crippen molar-refractivity contribution >= 4 is 78.2 Å². The first-order chi connectivity index (χ1) is 33.8. The van der Waals surface area contributed by atoms with Gasteiger partial charge in [0, 0.05) is 13.1 Å². The average molecular weight is 1200 g/mol. The van der Waals surface area contributed by atoms with Gasteiger partial charge in [0.25, 0.3) is 0 Å². The summed E-state index contributed by atoms with van der Waals surface area (Å²) in [4.78, 5) is 31.3. The minimum Gasteiger partial charge on any atom is -0.379 e. The number of likely N-dealkylation sites (N-methyl/N-ethyl adjacent to an activating group) is 1. The number of aromatic nitrogens is 2. The van der Waals surface area contributed by atoms with Gasteiger partial charge in [-0.15, -0.1) is 0 Å². The normalized spacial score (nSPS) is 13.5. The Hall–Kier alpha value is -2.06. The molecule has 0 saturated carbocycles. The molecule has 5 rings (SSSR count). The largest absolute Gasteiger partial charge is 0.379 e. The van der Waals surface area contributed by atoms with E-state index in [2.05, 4.69) is 128 Å². The first kappa shape index (κ1) is 65.1. The summed E-state index contributed by atoms with van der Waals surface area (Å²) in [6.45, 7) is 36.2. The van der Waals surface area contributed by atoms with Crippen molar-refractivity contribution in [2.24, 2.45) is 0 Å². The third kappa shape index (κ3) is 22.0. The Morgan fingerprint density at radius 1 is 0.535 bits per heavy atom. The van der Waals surface area contributed by atoms with E-state index in [-0.39, 0.29) is 12.2 Å². The minimum absolute atomic E-state index is 0.195. The quantitative estimate of drug-likeness (QED) is 0.0726. The van der Waals surface area contributed by atoms with E-state index < -0.39 is 48.0 Å². The van der Waals surface area contributed by atoms with E-state index >= 15 is 0 Å². The van der Waals surface area contributed by atoms with Crippen molar-refractivity contribution in [2.45, 2.75) is 212 Å². The van der Waals surface area contributed by atoms with Crippen molar-refractivity contribution in [3.8, 4) is 0 Å². The molecular weight excluding hydrogens is 1090 g/mol. The van der Waals surface area contributed by atoms with Gasteiger partial charge in [-0.05, 0) is 27.2 Å². The SMILES string of the molecule is CCC[CH2][Sn]([CH2]CCC)([CH2]CCC)[c]1cc2ccccc2n1C(=O)OC(C)(C)C.CCC[CH2][Sn]([CH2]CCC)([CH2]CCC)[c]1cc2ccccc2n1C(=O)OC(C)(C)C.CCN(C)C.CCN1CCOCC1. The molecular formula is C60H106N4O5Sn2. The maximum atomic E-state index is 13.4. The van der Waals surface area contributed by atoms with Gasteiger partial charge in [0.15, 0.2) is 0 Å². The molecule has 0 atom stereocenters. The summed E-state index contributed by atoms with van der Waals surface area (Å²) in [6.07, 6.45) is 14.6. The van der Waals surface area contributed by atoms with Crippen LogP contribution in [0.15, 0.2) is 60.7 Å². The molecule has 4 aromatic rings. The van der Waals surface area contributed by atoms with Gasteiger partial charge in [-0.2, -0.15) is 0 Å². The molecule has 1 saturated heterocycles. The Morgan fingerprint density at radius 3 is 1.07 bits per heavy atom. The number of carbonyl (C=O) groups is 2. The van der Waals surface area contributed by atoms with Crippen LogP contribution in [0.3, 0.4) is 0 Å². The van der Waals surface area contributed by atoms with Crippen molar-refractivity contribution in [1.29, 1.82) is 0 Å². The van der Waals surface area contributed by atoms with Crippen LogP contribution in [0.4, 0.5) is 9.59 Å². The van der Waals surface area contributed by atoms with Gasteiger partial charge in [-0.3, -0.25) is 4.90 Å². The van der Waals surface area contributed by atoms with Crippen molar-refractivity contribution in [1.82, 2.24) is 18.9 Å². The number of unbranched alkanes of at least 4 members (excludes halogenated alkanes) is 6. The van der Waals surface area contributed by atoms with Crippen LogP contribution in [0.1, 0.15) is 174 Å². The molecule has 1 fully saturated rings. The van der Waals surface area contributed by atoms with Gasteiger partial charge in [-0.1, -0.05) is 13.8 Å². The fraction of sp³-hybridized carbons (Fsp3) is 0.700. The molecule has 71 heavy (non-hydrogen) atoms. The van der Waals surface area contributed by atoms with Crippen LogP contribution in [0.5, 0.6) is 0 Å². The molecule has 11 heteroatoms. The van der Waals surface area contributed by atoms with Crippen molar-refractivity contribution in [3.05, 3.63) is 60.7 Å². The van der Waals surface area contributed by atoms with Gasteiger partial charge >= 0.3 is 365 Å². The Labute approximate surface area is 443 Å². The Bertz CT molecular complexity index is 1900. The smallest absolute Gasteiger partial charge is 0.0594 e. The second kappa shape index (κ2) is 33.8. The van der Waals surface area contributed by atoms with E-state index in [1.165, 1.54) is 128 Å². The Balaban J connectivity index is 0.000000388. The van der Waals surface area contributed by atoms with Crippen LogP contribution in [0.25, 0.3) is 21.8 Å².